The fraction of sp³-hybridized carbons (Fsp3) is 0.286. The van der Waals surface area contributed by atoms with Crippen molar-refractivity contribution in [2.75, 3.05) is 13.1 Å². The molecule has 1 heterocycles. The molecule has 7 heteroatoms. The van der Waals surface area contributed by atoms with Gasteiger partial charge in [-0.15, -0.1) is 0 Å². The minimum absolute atomic E-state index is 0.0342. The van der Waals surface area contributed by atoms with Gasteiger partial charge in [-0.3, -0.25) is 9.59 Å². The van der Waals surface area contributed by atoms with Crippen LogP contribution in [0.15, 0.2) is 66.7 Å². The van der Waals surface area contributed by atoms with E-state index in [9.17, 15) is 23.5 Å². The third kappa shape index (κ3) is 6.23. The van der Waals surface area contributed by atoms with Gasteiger partial charge in [0.05, 0.1) is 6.42 Å². The molecule has 1 aliphatic heterocycles. The molecule has 35 heavy (non-hydrogen) atoms. The van der Waals surface area contributed by atoms with Gasteiger partial charge in [-0.25, -0.2) is 8.78 Å². The highest BCUT2D eigenvalue weighted by Gasteiger charge is 2.35. The van der Waals surface area contributed by atoms with E-state index in [1.807, 2.05) is 19.1 Å². The average molecular weight is 480 g/mol. The van der Waals surface area contributed by atoms with E-state index in [0.29, 0.717) is 18.4 Å². The number of hydrogen-bond donors (Lipinski definition) is 1. The Morgan fingerprint density at radius 3 is 2.46 bits per heavy atom. The molecular formula is C28H27F2NO4. The number of amides is 1. The molecule has 4 rings (SSSR count). The topological polar surface area (TPSA) is 66.8 Å². The molecule has 0 aliphatic carbocycles. The first-order chi connectivity index (χ1) is 16.7. The number of rotatable bonds is 9. The summed E-state index contributed by atoms with van der Waals surface area (Å²) in [5.74, 6) is -1.37. The number of carboxylic acid groups (broad SMARTS) is 1. The Morgan fingerprint density at radius 1 is 1.03 bits per heavy atom. The standard InChI is InChI=1S/C28H27F2NO4/c1-28(16-19-6-9-23(29)10-7-19)17-22-14-20(8-11-25(22)35-28)15-26(32)31(18-27(33)34)13-12-21-4-2-3-5-24(21)30/h2-11,14H,12-13,15-18H2,1H3,(H,33,34)/t28-/m1/s1. The summed E-state index contributed by atoms with van der Waals surface area (Å²) in [7, 11) is 0. The Labute approximate surface area is 203 Å². The Balaban J connectivity index is 1.42. The van der Waals surface area contributed by atoms with Crippen LogP contribution in [0.4, 0.5) is 8.78 Å². The van der Waals surface area contributed by atoms with Crippen LogP contribution in [0.3, 0.4) is 0 Å². The second-order valence-electron chi connectivity index (χ2n) is 9.20. The van der Waals surface area contributed by atoms with E-state index in [1.165, 1.54) is 23.1 Å². The van der Waals surface area contributed by atoms with Gasteiger partial charge in [0, 0.05) is 19.4 Å². The van der Waals surface area contributed by atoms with E-state index in [4.69, 9.17) is 4.74 Å². The molecule has 5 nitrogen and oxygen atoms in total. The molecule has 1 atom stereocenters. The third-order valence-corrected chi connectivity index (χ3v) is 6.18. The van der Waals surface area contributed by atoms with Gasteiger partial charge in [-0.05, 0) is 59.9 Å². The molecule has 1 aliphatic rings. The summed E-state index contributed by atoms with van der Waals surface area (Å²) in [6.07, 6.45) is 1.50. The highest BCUT2D eigenvalue weighted by molar-refractivity contribution is 5.83. The fourth-order valence-corrected chi connectivity index (χ4v) is 4.52. The molecule has 3 aromatic rings. The second kappa shape index (κ2) is 10.3. The van der Waals surface area contributed by atoms with Crippen LogP contribution in [0.1, 0.15) is 29.2 Å². The van der Waals surface area contributed by atoms with Gasteiger partial charge in [0.1, 0.15) is 29.5 Å². The summed E-state index contributed by atoms with van der Waals surface area (Å²) < 4.78 is 33.4. The van der Waals surface area contributed by atoms with Crippen molar-refractivity contribution in [1.82, 2.24) is 4.90 Å². The van der Waals surface area contributed by atoms with E-state index < -0.39 is 18.1 Å². The van der Waals surface area contributed by atoms with Crippen LogP contribution in [0, 0.1) is 11.6 Å². The lowest BCUT2D eigenvalue weighted by molar-refractivity contribution is -0.144. The number of carbonyl (C=O) groups is 2. The number of benzene rings is 3. The largest absolute Gasteiger partial charge is 0.487 e. The summed E-state index contributed by atoms with van der Waals surface area (Å²) >= 11 is 0. The van der Waals surface area contributed by atoms with Crippen LogP contribution in [0.25, 0.3) is 0 Å². The first kappa shape index (κ1) is 24.4. The van der Waals surface area contributed by atoms with Crippen molar-refractivity contribution < 1.29 is 28.2 Å². The molecule has 0 fully saturated rings. The minimum Gasteiger partial charge on any atom is -0.487 e. The van der Waals surface area contributed by atoms with E-state index >= 15 is 0 Å². The number of nitrogens with zero attached hydrogens (tertiary/aromatic N) is 1. The van der Waals surface area contributed by atoms with Gasteiger partial charge < -0.3 is 14.7 Å². The van der Waals surface area contributed by atoms with Crippen molar-refractivity contribution in [3.05, 3.63) is 101 Å². The quantitative estimate of drug-likeness (QED) is 0.487. The van der Waals surface area contributed by atoms with Gasteiger partial charge in [-0.2, -0.15) is 0 Å². The second-order valence-corrected chi connectivity index (χ2v) is 9.20. The van der Waals surface area contributed by atoms with Crippen LogP contribution >= 0.6 is 0 Å². The zero-order valence-electron chi connectivity index (χ0n) is 19.5. The lowest BCUT2D eigenvalue weighted by atomic mass is 9.91. The van der Waals surface area contributed by atoms with E-state index in [2.05, 4.69) is 0 Å². The predicted molar refractivity (Wildman–Crippen MR) is 127 cm³/mol. The Kier molecular flexibility index (Phi) is 7.15. The molecule has 0 unspecified atom stereocenters. The number of carbonyl (C=O) groups excluding carboxylic acids is 1. The molecule has 0 saturated carbocycles. The zero-order chi connectivity index (χ0) is 25.0. The monoisotopic (exact) mass is 479 g/mol. The molecule has 0 aromatic heterocycles. The molecule has 0 bridgehead atoms. The van der Waals surface area contributed by atoms with Crippen molar-refractivity contribution in [2.24, 2.45) is 0 Å². The first-order valence-corrected chi connectivity index (χ1v) is 11.5. The lowest BCUT2D eigenvalue weighted by Gasteiger charge is -2.24. The smallest absolute Gasteiger partial charge is 0.323 e. The lowest BCUT2D eigenvalue weighted by Crippen LogP contribution is -2.38. The van der Waals surface area contributed by atoms with E-state index in [1.54, 1.807) is 36.4 Å². The summed E-state index contributed by atoms with van der Waals surface area (Å²) in [5.41, 5.74) is 2.64. The minimum atomic E-state index is -1.12. The third-order valence-electron chi connectivity index (χ3n) is 6.18. The van der Waals surface area contributed by atoms with Crippen molar-refractivity contribution >= 4 is 11.9 Å². The van der Waals surface area contributed by atoms with Crippen molar-refractivity contribution in [2.45, 2.75) is 38.2 Å². The highest BCUT2D eigenvalue weighted by atomic mass is 19.1. The van der Waals surface area contributed by atoms with Gasteiger partial charge in [0.2, 0.25) is 5.91 Å². The van der Waals surface area contributed by atoms with Crippen LogP contribution < -0.4 is 4.74 Å². The maximum absolute atomic E-state index is 13.9. The molecule has 3 aromatic carbocycles. The van der Waals surface area contributed by atoms with Gasteiger partial charge in [0.25, 0.3) is 0 Å². The number of carboxylic acids is 1. The summed E-state index contributed by atoms with van der Waals surface area (Å²) in [4.78, 5) is 25.5. The van der Waals surface area contributed by atoms with Crippen LogP contribution in [0.2, 0.25) is 0 Å². The van der Waals surface area contributed by atoms with E-state index in [-0.39, 0.29) is 36.9 Å². The maximum atomic E-state index is 13.9. The van der Waals surface area contributed by atoms with Gasteiger partial charge in [0.15, 0.2) is 0 Å². The van der Waals surface area contributed by atoms with Crippen molar-refractivity contribution in [3.63, 3.8) is 0 Å². The normalized spacial score (nSPS) is 16.4. The van der Waals surface area contributed by atoms with Crippen molar-refractivity contribution in [3.8, 4) is 5.75 Å². The Hall–Kier alpha value is -3.74. The van der Waals surface area contributed by atoms with Crippen LogP contribution in [-0.4, -0.2) is 40.6 Å². The Morgan fingerprint density at radius 2 is 1.74 bits per heavy atom. The fourth-order valence-electron chi connectivity index (χ4n) is 4.52. The average Bonchev–Trinajstić information content (AvgIpc) is 3.14. The number of halogens is 2. The first-order valence-electron chi connectivity index (χ1n) is 11.5. The van der Waals surface area contributed by atoms with E-state index in [0.717, 1.165) is 22.4 Å². The molecule has 1 N–H and O–H groups in total. The molecule has 0 saturated heterocycles. The number of ether oxygens (including phenoxy) is 1. The SMILES string of the molecule is C[C@@]1(Cc2ccc(F)cc2)Cc2cc(CC(=O)N(CCc3ccccc3F)CC(=O)O)ccc2O1. The molecule has 0 radical (unpaired) electrons. The van der Waals surface area contributed by atoms with Crippen LogP contribution in [-0.2, 0) is 35.3 Å². The summed E-state index contributed by atoms with van der Waals surface area (Å²) in [5, 5.41) is 9.27. The van der Waals surface area contributed by atoms with Gasteiger partial charge >= 0.3 is 5.97 Å². The zero-order valence-corrected chi connectivity index (χ0v) is 19.5. The molecule has 182 valence electrons. The van der Waals surface area contributed by atoms with Gasteiger partial charge in [-0.1, -0.05) is 42.5 Å². The number of hydrogen-bond acceptors (Lipinski definition) is 3. The molecular weight excluding hydrogens is 452 g/mol. The Bertz CT molecular complexity index is 1230. The van der Waals surface area contributed by atoms with Crippen molar-refractivity contribution in [1.29, 1.82) is 0 Å². The highest BCUT2D eigenvalue weighted by Crippen LogP contribution is 2.37. The maximum Gasteiger partial charge on any atom is 0.323 e. The number of aliphatic carboxylic acids is 1. The number of fused-ring (bicyclic) bond motifs is 1. The molecule has 0 spiro atoms. The summed E-state index contributed by atoms with van der Waals surface area (Å²) in [6, 6.07) is 18.2. The van der Waals surface area contributed by atoms with Crippen LogP contribution in [0.5, 0.6) is 5.75 Å². The molecule has 1 amide bonds. The predicted octanol–water partition coefficient (Wildman–Crippen LogP) is 4.60. The summed E-state index contributed by atoms with van der Waals surface area (Å²) in [6.45, 7) is 1.66.